The number of hydrogen-bond acceptors (Lipinski definition) is 2. The standard InChI is InChI=1S/C13H25NO/c1-10-5-3-4-6-13(10)14-9-12-7-8-15-11(12)2/h10-14H,3-9H2,1-2H3. The van der Waals surface area contributed by atoms with Gasteiger partial charge in [0.2, 0.25) is 0 Å². The Morgan fingerprint density at radius 1 is 1.13 bits per heavy atom. The van der Waals surface area contributed by atoms with E-state index in [2.05, 4.69) is 19.2 Å². The van der Waals surface area contributed by atoms with Crippen molar-refractivity contribution < 1.29 is 4.74 Å². The molecule has 1 aliphatic carbocycles. The minimum atomic E-state index is 0.469. The molecule has 2 aliphatic rings. The SMILES string of the molecule is CC1CCCCC1NCC1CCOC1C. The van der Waals surface area contributed by atoms with Crippen LogP contribution >= 0.6 is 0 Å². The molecular formula is C13H25NO. The van der Waals surface area contributed by atoms with E-state index in [0.717, 1.165) is 31.0 Å². The molecule has 1 N–H and O–H groups in total. The minimum absolute atomic E-state index is 0.469. The van der Waals surface area contributed by atoms with Crippen LogP contribution in [0.25, 0.3) is 0 Å². The third-order valence-corrected chi connectivity index (χ3v) is 4.29. The predicted molar refractivity (Wildman–Crippen MR) is 62.9 cm³/mol. The molecule has 1 saturated heterocycles. The lowest BCUT2D eigenvalue weighted by Crippen LogP contribution is -2.40. The molecule has 4 atom stereocenters. The zero-order chi connectivity index (χ0) is 10.7. The van der Waals surface area contributed by atoms with Crippen molar-refractivity contribution in [2.45, 2.75) is 58.1 Å². The predicted octanol–water partition coefficient (Wildman–Crippen LogP) is 2.58. The molecule has 1 saturated carbocycles. The second kappa shape index (κ2) is 5.31. The number of rotatable bonds is 3. The van der Waals surface area contributed by atoms with Crippen molar-refractivity contribution >= 4 is 0 Å². The molecule has 2 heteroatoms. The van der Waals surface area contributed by atoms with Crippen molar-refractivity contribution in [1.29, 1.82) is 0 Å². The second-order valence-electron chi connectivity index (χ2n) is 5.40. The third kappa shape index (κ3) is 2.94. The van der Waals surface area contributed by atoms with Gasteiger partial charge in [0.25, 0.3) is 0 Å². The van der Waals surface area contributed by atoms with Crippen LogP contribution in [0.3, 0.4) is 0 Å². The lowest BCUT2D eigenvalue weighted by atomic mass is 9.85. The van der Waals surface area contributed by atoms with Gasteiger partial charge in [-0.05, 0) is 38.0 Å². The molecule has 2 nitrogen and oxygen atoms in total. The minimum Gasteiger partial charge on any atom is -0.378 e. The van der Waals surface area contributed by atoms with Crippen molar-refractivity contribution in [2.24, 2.45) is 11.8 Å². The maximum absolute atomic E-state index is 5.59. The summed E-state index contributed by atoms with van der Waals surface area (Å²) in [6.45, 7) is 6.74. The highest BCUT2D eigenvalue weighted by Gasteiger charge is 2.26. The van der Waals surface area contributed by atoms with Crippen LogP contribution in [-0.2, 0) is 4.74 Å². The quantitative estimate of drug-likeness (QED) is 0.774. The molecule has 0 bridgehead atoms. The van der Waals surface area contributed by atoms with Crippen LogP contribution in [0.15, 0.2) is 0 Å². The summed E-state index contributed by atoms with van der Waals surface area (Å²) in [5.74, 6) is 1.62. The summed E-state index contributed by atoms with van der Waals surface area (Å²) < 4.78 is 5.59. The molecule has 0 amide bonds. The van der Waals surface area contributed by atoms with Crippen LogP contribution in [0.4, 0.5) is 0 Å². The lowest BCUT2D eigenvalue weighted by molar-refractivity contribution is 0.103. The third-order valence-electron chi connectivity index (χ3n) is 4.29. The maximum atomic E-state index is 5.59. The molecule has 2 fully saturated rings. The van der Waals surface area contributed by atoms with Gasteiger partial charge in [0.1, 0.15) is 0 Å². The highest BCUT2D eigenvalue weighted by atomic mass is 16.5. The Morgan fingerprint density at radius 2 is 1.93 bits per heavy atom. The molecule has 4 unspecified atom stereocenters. The fraction of sp³-hybridized carbons (Fsp3) is 1.00. The average molecular weight is 211 g/mol. The summed E-state index contributed by atoms with van der Waals surface area (Å²) in [5, 5.41) is 3.76. The summed E-state index contributed by atoms with van der Waals surface area (Å²) >= 11 is 0. The molecule has 0 aromatic rings. The first-order valence-corrected chi connectivity index (χ1v) is 6.62. The number of ether oxygens (including phenoxy) is 1. The van der Waals surface area contributed by atoms with Gasteiger partial charge in [-0.15, -0.1) is 0 Å². The molecule has 0 radical (unpaired) electrons. The Morgan fingerprint density at radius 3 is 2.60 bits per heavy atom. The normalized spacial score (nSPS) is 42.0. The summed E-state index contributed by atoms with van der Waals surface area (Å²) in [4.78, 5) is 0. The van der Waals surface area contributed by atoms with Gasteiger partial charge in [-0.2, -0.15) is 0 Å². The topological polar surface area (TPSA) is 21.3 Å². The van der Waals surface area contributed by atoms with E-state index in [1.807, 2.05) is 0 Å². The van der Waals surface area contributed by atoms with Crippen molar-refractivity contribution in [3.63, 3.8) is 0 Å². The molecule has 0 spiro atoms. The monoisotopic (exact) mass is 211 g/mol. The Labute approximate surface area is 93.8 Å². The Bertz CT molecular complexity index is 195. The van der Waals surface area contributed by atoms with Gasteiger partial charge in [0.05, 0.1) is 6.10 Å². The second-order valence-corrected chi connectivity index (χ2v) is 5.40. The smallest absolute Gasteiger partial charge is 0.0588 e. The molecule has 2 rings (SSSR count). The Hall–Kier alpha value is -0.0800. The highest BCUT2D eigenvalue weighted by Crippen LogP contribution is 2.25. The van der Waals surface area contributed by atoms with Crippen LogP contribution < -0.4 is 5.32 Å². The van der Waals surface area contributed by atoms with E-state index < -0.39 is 0 Å². The lowest BCUT2D eigenvalue weighted by Gasteiger charge is -2.31. The van der Waals surface area contributed by atoms with Crippen LogP contribution in [0.5, 0.6) is 0 Å². The van der Waals surface area contributed by atoms with E-state index in [9.17, 15) is 0 Å². The average Bonchev–Trinajstić information content (AvgIpc) is 2.63. The first kappa shape index (κ1) is 11.4. The molecule has 15 heavy (non-hydrogen) atoms. The van der Waals surface area contributed by atoms with Crippen LogP contribution in [0.2, 0.25) is 0 Å². The van der Waals surface area contributed by atoms with Gasteiger partial charge in [-0.25, -0.2) is 0 Å². The van der Waals surface area contributed by atoms with Crippen molar-refractivity contribution in [3.05, 3.63) is 0 Å². The summed E-state index contributed by atoms with van der Waals surface area (Å²) in [6.07, 6.45) is 7.35. The molecule has 1 aliphatic heterocycles. The fourth-order valence-corrected chi connectivity index (χ4v) is 2.97. The van der Waals surface area contributed by atoms with Crippen molar-refractivity contribution in [2.75, 3.05) is 13.2 Å². The largest absolute Gasteiger partial charge is 0.378 e. The summed E-state index contributed by atoms with van der Waals surface area (Å²) in [6, 6.07) is 0.770. The Balaban J connectivity index is 1.72. The molecule has 0 aromatic heterocycles. The highest BCUT2D eigenvalue weighted by molar-refractivity contribution is 4.81. The van der Waals surface area contributed by atoms with E-state index in [4.69, 9.17) is 4.74 Å². The van der Waals surface area contributed by atoms with Crippen LogP contribution in [0, 0.1) is 11.8 Å². The molecule has 0 aromatic carbocycles. The first-order chi connectivity index (χ1) is 7.27. The van der Waals surface area contributed by atoms with E-state index in [-0.39, 0.29) is 0 Å². The summed E-state index contributed by atoms with van der Waals surface area (Å²) in [5.41, 5.74) is 0. The number of hydrogen-bond donors (Lipinski definition) is 1. The van der Waals surface area contributed by atoms with Gasteiger partial charge in [-0.3, -0.25) is 0 Å². The number of nitrogens with one attached hydrogen (secondary N) is 1. The summed E-state index contributed by atoms with van der Waals surface area (Å²) in [7, 11) is 0. The zero-order valence-corrected chi connectivity index (χ0v) is 10.2. The first-order valence-electron chi connectivity index (χ1n) is 6.62. The molecule has 1 heterocycles. The van der Waals surface area contributed by atoms with E-state index in [0.29, 0.717) is 6.10 Å². The fourth-order valence-electron chi connectivity index (χ4n) is 2.97. The van der Waals surface area contributed by atoms with Gasteiger partial charge < -0.3 is 10.1 Å². The van der Waals surface area contributed by atoms with Crippen LogP contribution in [-0.4, -0.2) is 25.3 Å². The van der Waals surface area contributed by atoms with E-state index in [1.165, 1.54) is 32.1 Å². The zero-order valence-electron chi connectivity index (χ0n) is 10.2. The van der Waals surface area contributed by atoms with Gasteiger partial charge in [0.15, 0.2) is 0 Å². The van der Waals surface area contributed by atoms with Gasteiger partial charge in [0, 0.05) is 19.2 Å². The van der Waals surface area contributed by atoms with Gasteiger partial charge in [-0.1, -0.05) is 19.8 Å². The van der Waals surface area contributed by atoms with E-state index >= 15 is 0 Å². The molecule has 88 valence electrons. The van der Waals surface area contributed by atoms with Crippen LogP contribution in [0.1, 0.15) is 46.0 Å². The molecular weight excluding hydrogens is 186 g/mol. The van der Waals surface area contributed by atoms with Crippen molar-refractivity contribution in [1.82, 2.24) is 5.32 Å². The Kier molecular flexibility index (Phi) is 4.04. The maximum Gasteiger partial charge on any atom is 0.0588 e. The van der Waals surface area contributed by atoms with Crippen molar-refractivity contribution in [3.8, 4) is 0 Å². The van der Waals surface area contributed by atoms with E-state index in [1.54, 1.807) is 0 Å². The van der Waals surface area contributed by atoms with Gasteiger partial charge >= 0.3 is 0 Å².